The highest BCUT2D eigenvalue weighted by Crippen LogP contribution is 2.52. The summed E-state index contributed by atoms with van der Waals surface area (Å²) in [5.74, 6) is 0.562. The third-order valence-corrected chi connectivity index (χ3v) is 10.9. The van der Waals surface area contributed by atoms with Gasteiger partial charge in [-0.15, -0.1) is 0 Å². The number of nitrogens with zero attached hydrogens (tertiary/aromatic N) is 1. The number of para-hydroxylation sites is 3. The highest BCUT2D eigenvalue weighted by atomic mass is 16.3. The Kier molecular flexibility index (Phi) is 6.61. The molecule has 9 rings (SSSR count). The van der Waals surface area contributed by atoms with Crippen molar-refractivity contribution in [2.24, 2.45) is 0 Å². The fraction of sp³-hybridized carbons (Fsp3) is 0.200. The monoisotopic (exact) mass is 609 g/mol. The SMILES string of the molecule is CC1(C)c2ccccc2-c2ccc(N(c3ccccc3-c3ccccc3)c3cccc4c3oc3c(C5CCCCC5)cccc34)cc21. The van der Waals surface area contributed by atoms with Gasteiger partial charge in [-0.2, -0.15) is 0 Å². The quantitative estimate of drug-likeness (QED) is 0.193. The lowest BCUT2D eigenvalue weighted by molar-refractivity contribution is 0.442. The zero-order chi connectivity index (χ0) is 31.5. The van der Waals surface area contributed by atoms with Gasteiger partial charge in [-0.25, -0.2) is 0 Å². The summed E-state index contributed by atoms with van der Waals surface area (Å²) in [7, 11) is 0. The van der Waals surface area contributed by atoms with E-state index in [9.17, 15) is 0 Å². The van der Waals surface area contributed by atoms with Gasteiger partial charge in [0.25, 0.3) is 0 Å². The van der Waals surface area contributed by atoms with E-state index in [-0.39, 0.29) is 5.41 Å². The molecule has 0 amide bonds. The minimum Gasteiger partial charge on any atom is -0.454 e. The molecular weight excluding hydrogens is 571 g/mol. The van der Waals surface area contributed by atoms with Gasteiger partial charge in [0.2, 0.25) is 0 Å². The van der Waals surface area contributed by atoms with Crippen LogP contribution in [0.2, 0.25) is 0 Å². The Morgan fingerprint density at radius 3 is 2.04 bits per heavy atom. The molecule has 2 heteroatoms. The Morgan fingerprint density at radius 2 is 1.21 bits per heavy atom. The molecule has 0 bridgehead atoms. The average Bonchev–Trinajstić information content (AvgIpc) is 3.62. The van der Waals surface area contributed by atoms with E-state index >= 15 is 0 Å². The largest absolute Gasteiger partial charge is 0.454 e. The summed E-state index contributed by atoms with van der Waals surface area (Å²) < 4.78 is 7.08. The van der Waals surface area contributed by atoms with Gasteiger partial charge < -0.3 is 9.32 Å². The van der Waals surface area contributed by atoms with Crippen LogP contribution in [0.25, 0.3) is 44.2 Å². The first kappa shape index (κ1) is 28.2. The smallest absolute Gasteiger partial charge is 0.159 e. The van der Waals surface area contributed by atoms with Gasteiger partial charge in [0.15, 0.2) is 5.58 Å². The van der Waals surface area contributed by atoms with Gasteiger partial charge in [-0.1, -0.05) is 142 Å². The Morgan fingerprint density at radius 1 is 0.553 bits per heavy atom. The number of benzene rings is 6. The lowest BCUT2D eigenvalue weighted by atomic mass is 9.82. The standard InChI is InChI=1S/C45H39NO/c1-45(2)39-24-11-9-20-35(39)36-28-27-32(29-40(36)45)46(41-25-12-10-19-33(41)30-15-5-3-6-16-30)42-26-14-23-38-37-22-13-21-34(43(37)47-44(38)42)31-17-7-4-8-18-31/h3,5-6,9-16,19-29,31H,4,7-8,17-18H2,1-2H3. The van der Waals surface area contributed by atoms with Crippen LogP contribution in [0.3, 0.4) is 0 Å². The summed E-state index contributed by atoms with van der Waals surface area (Å²) in [5.41, 5.74) is 14.4. The fourth-order valence-corrected chi connectivity index (χ4v) is 8.51. The van der Waals surface area contributed by atoms with Gasteiger partial charge >= 0.3 is 0 Å². The van der Waals surface area contributed by atoms with Crippen LogP contribution < -0.4 is 4.90 Å². The molecule has 2 aliphatic carbocycles. The first-order valence-corrected chi connectivity index (χ1v) is 17.2. The molecule has 0 saturated heterocycles. The Labute approximate surface area is 277 Å². The highest BCUT2D eigenvalue weighted by Gasteiger charge is 2.36. The van der Waals surface area contributed by atoms with Gasteiger partial charge in [-0.05, 0) is 76.4 Å². The highest BCUT2D eigenvalue weighted by molar-refractivity contribution is 6.11. The molecule has 230 valence electrons. The van der Waals surface area contributed by atoms with Crippen LogP contribution in [-0.2, 0) is 5.41 Å². The Balaban J connectivity index is 1.30. The molecule has 1 heterocycles. The Hall–Kier alpha value is -5.08. The van der Waals surface area contributed by atoms with E-state index in [1.807, 2.05) is 0 Å². The second kappa shape index (κ2) is 11.0. The number of rotatable bonds is 5. The zero-order valence-corrected chi connectivity index (χ0v) is 27.2. The van der Waals surface area contributed by atoms with Gasteiger partial charge in [-0.3, -0.25) is 0 Å². The third kappa shape index (κ3) is 4.46. The van der Waals surface area contributed by atoms with Crippen LogP contribution in [0.15, 0.2) is 138 Å². The fourth-order valence-electron chi connectivity index (χ4n) is 8.51. The molecule has 0 unspecified atom stereocenters. The first-order valence-electron chi connectivity index (χ1n) is 17.2. The molecule has 0 atom stereocenters. The molecular formula is C45H39NO. The molecule has 1 fully saturated rings. The van der Waals surface area contributed by atoms with Crippen LogP contribution in [0.1, 0.15) is 68.6 Å². The van der Waals surface area contributed by atoms with E-state index in [0.717, 1.165) is 28.2 Å². The Bertz CT molecular complexity index is 2270. The number of fused-ring (bicyclic) bond motifs is 6. The minimum absolute atomic E-state index is 0.104. The van der Waals surface area contributed by atoms with Crippen LogP contribution in [0.5, 0.6) is 0 Å². The molecule has 0 spiro atoms. The van der Waals surface area contributed by atoms with Crippen molar-refractivity contribution in [1.29, 1.82) is 0 Å². The van der Waals surface area contributed by atoms with E-state index in [1.165, 1.54) is 81.8 Å². The minimum atomic E-state index is -0.104. The van der Waals surface area contributed by atoms with Crippen molar-refractivity contribution in [1.82, 2.24) is 0 Å². The van der Waals surface area contributed by atoms with Crippen molar-refractivity contribution in [3.63, 3.8) is 0 Å². The maximum atomic E-state index is 7.08. The summed E-state index contributed by atoms with van der Waals surface area (Å²) in [5, 5.41) is 2.39. The summed E-state index contributed by atoms with van der Waals surface area (Å²) in [6, 6.07) is 48.9. The summed E-state index contributed by atoms with van der Waals surface area (Å²) in [6.45, 7) is 4.72. The topological polar surface area (TPSA) is 16.4 Å². The second-order valence-corrected chi connectivity index (χ2v) is 13.9. The normalized spacial score (nSPS) is 15.5. The molecule has 47 heavy (non-hydrogen) atoms. The zero-order valence-electron chi connectivity index (χ0n) is 27.2. The lowest BCUT2D eigenvalue weighted by Crippen LogP contribution is -2.17. The van der Waals surface area contributed by atoms with Crippen molar-refractivity contribution in [2.75, 3.05) is 4.90 Å². The molecule has 0 aliphatic heterocycles. The molecule has 2 aliphatic rings. The van der Waals surface area contributed by atoms with Crippen molar-refractivity contribution in [3.05, 3.63) is 150 Å². The van der Waals surface area contributed by atoms with Crippen molar-refractivity contribution in [2.45, 2.75) is 57.3 Å². The van der Waals surface area contributed by atoms with Crippen molar-refractivity contribution < 1.29 is 4.42 Å². The third-order valence-electron chi connectivity index (χ3n) is 10.9. The number of hydrogen-bond donors (Lipinski definition) is 0. The van der Waals surface area contributed by atoms with Crippen LogP contribution >= 0.6 is 0 Å². The molecule has 1 saturated carbocycles. The molecule has 6 aromatic carbocycles. The summed E-state index contributed by atoms with van der Waals surface area (Å²) in [4.78, 5) is 2.44. The number of furan rings is 1. The van der Waals surface area contributed by atoms with Crippen LogP contribution in [0, 0.1) is 0 Å². The summed E-state index contributed by atoms with van der Waals surface area (Å²) in [6.07, 6.45) is 6.43. The van der Waals surface area contributed by atoms with Crippen molar-refractivity contribution in [3.8, 4) is 22.3 Å². The second-order valence-electron chi connectivity index (χ2n) is 13.9. The van der Waals surface area contributed by atoms with Crippen LogP contribution in [-0.4, -0.2) is 0 Å². The first-order chi connectivity index (χ1) is 23.1. The predicted molar refractivity (Wildman–Crippen MR) is 197 cm³/mol. The van der Waals surface area contributed by atoms with E-state index in [2.05, 4.69) is 152 Å². The van der Waals surface area contributed by atoms with Gasteiger partial charge in [0.1, 0.15) is 5.58 Å². The van der Waals surface area contributed by atoms with Gasteiger partial charge in [0.05, 0.1) is 11.4 Å². The predicted octanol–water partition coefficient (Wildman–Crippen LogP) is 13.1. The van der Waals surface area contributed by atoms with E-state index in [1.54, 1.807) is 0 Å². The lowest BCUT2D eigenvalue weighted by Gasteiger charge is -2.29. The molecule has 7 aromatic rings. The van der Waals surface area contributed by atoms with E-state index < -0.39 is 0 Å². The molecule has 2 nitrogen and oxygen atoms in total. The molecule has 1 aromatic heterocycles. The molecule has 0 radical (unpaired) electrons. The van der Waals surface area contributed by atoms with E-state index in [4.69, 9.17) is 4.42 Å². The van der Waals surface area contributed by atoms with Gasteiger partial charge in [0, 0.05) is 27.4 Å². The maximum Gasteiger partial charge on any atom is 0.159 e. The van der Waals surface area contributed by atoms with Crippen LogP contribution in [0.4, 0.5) is 17.1 Å². The number of anilines is 3. The average molecular weight is 610 g/mol. The summed E-state index contributed by atoms with van der Waals surface area (Å²) >= 11 is 0. The maximum absolute atomic E-state index is 7.08. The van der Waals surface area contributed by atoms with Crippen molar-refractivity contribution >= 4 is 39.0 Å². The van der Waals surface area contributed by atoms with E-state index in [0.29, 0.717) is 5.92 Å². The number of hydrogen-bond acceptors (Lipinski definition) is 2. The molecule has 0 N–H and O–H groups in total.